The van der Waals surface area contributed by atoms with Crippen molar-refractivity contribution in [2.45, 2.75) is 129 Å². The summed E-state index contributed by atoms with van der Waals surface area (Å²) in [6.07, 6.45) is 0.592. The van der Waals surface area contributed by atoms with Gasteiger partial charge in [-0.15, -0.1) is 0 Å². The number of hydrogen-bond donors (Lipinski definition) is 3. The number of methoxy groups -OCH3 is 2. The number of likely N-dealkylation sites (N-methyl/N-ethyl adjacent to an activating group) is 2. The summed E-state index contributed by atoms with van der Waals surface area (Å²) in [6, 6.07) is 6.78. The minimum atomic E-state index is -0.874. The number of carbonyl (C=O) groups is 4. The highest BCUT2D eigenvalue weighted by atomic mass is 16.5. The first-order valence-electron chi connectivity index (χ1n) is 18.7. The molecule has 12 nitrogen and oxygen atoms in total. The predicted molar refractivity (Wildman–Crippen MR) is 200 cm³/mol. The van der Waals surface area contributed by atoms with Gasteiger partial charge in [0, 0.05) is 27.8 Å². The molecule has 1 heterocycles. The first-order chi connectivity index (χ1) is 24.0. The van der Waals surface area contributed by atoms with Crippen LogP contribution in [0.2, 0.25) is 0 Å². The normalized spacial score (nSPS) is 20.1. The van der Waals surface area contributed by atoms with Gasteiger partial charge in [-0.2, -0.15) is 0 Å². The minimum Gasteiger partial charge on any atom is -0.386 e. The van der Waals surface area contributed by atoms with Crippen molar-refractivity contribution >= 4 is 23.6 Å². The molecule has 1 aliphatic heterocycles. The van der Waals surface area contributed by atoms with Gasteiger partial charge in [0.2, 0.25) is 23.6 Å². The van der Waals surface area contributed by atoms with Gasteiger partial charge in [0.15, 0.2) is 0 Å². The van der Waals surface area contributed by atoms with Gasteiger partial charge < -0.3 is 35.0 Å². The number of carbonyl (C=O) groups excluding carboxylic acids is 4. The SMILES string of the molecule is CC[C@H](NC(=O)[C@H](C(C)C)N(C)C)C(=O)N(C)[C@@H]([C@@H](C)CC)[C@@H](CC(=O)N1CCC[C@H]1[C@H](OC)[C@@H](C)C(=O)N[C@H](C)[C@@H](O)c1ccccc1)OC. The average Bonchev–Trinajstić information content (AvgIpc) is 3.59. The van der Waals surface area contributed by atoms with Crippen LogP contribution in [0, 0.1) is 17.8 Å². The Morgan fingerprint density at radius 2 is 1.55 bits per heavy atom. The van der Waals surface area contributed by atoms with Crippen LogP contribution in [0.25, 0.3) is 0 Å². The van der Waals surface area contributed by atoms with Gasteiger partial charge in [0.1, 0.15) is 6.04 Å². The lowest BCUT2D eigenvalue weighted by molar-refractivity contribution is -0.147. The summed E-state index contributed by atoms with van der Waals surface area (Å²) in [5.74, 6) is -1.37. The Morgan fingerprint density at radius 3 is 2.06 bits per heavy atom. The number of benzene rings is 1. The van der Waals surface area contributed by atoms with Gasteiger partial charge in [-0.05, 0) is 57.7 Å². The summed E-state index contributed by atoms with van der Waals surface area (Å²) in [5.41, 5.74) is 0.712. The van der Waals surface area contributed by atoms with Crippen molar-refractivity contribution in [2.24, 2.45) is 17.8 Å². The Hall–Kier alpha value is -3.06. The van der Waals surface area contributed by atoms with Crippen molar-refractivity contribution in [2.75, 3.05) is 41.9 Å². The second-order valence-electron chi connectivity index (χ2n) is 14.9. The van der Waals surface area contributed by atoms with Crippen LogP contribution in [0.4, 0.5) is 0 Å². The van der Waals surface area contributed by atoms with Crippen LogP contribution in [0.15, 0.2) is 30.3 Å². The molecule has 0 spiro atoms. The molecule has 0 bridgehead atoms. The topological polar surface area (TPSA) is 141 Å². The average molecular weight is 718 g/mol. The Labute approximate surface area is 307 Å². The zero-order valence-corrected chi connectivity index (χ0v) is 33.2. The molecule has 0 saturated carbocycles. The molecule has 1 aromatic rings. The maximum atomic E-state index is 14.1. The third-order valence-electron chi connectivity index (χ3n) is 10.7. The van der Waals surface area contributed by atoms with Gasteiger partial charge in [-0.3, -0.25) is 24.1 Å². The second-order valence-corrected chi connectivity index (χ2v) is 14.9. The van der Waals surface area contributed by atoms with Crippen LogP contribution >= 0.6 is 0 Å². The molecule has 51 heavy (non-hydrogen) atoms. The first kappa shape index (κ1) is 44.1. The molecule has 12 heteroatoms. The number of hydrogen-bond acceptors (Lipinski definition) is 8. The predicted octanol–water partition coefficient (Wildman–Crippen LogP) is 3.63. The highest BCUT2D eigenvalue weighted by Gasteiger charge is 2.43. The zero-order chi connectivity index (χ0) is 38.6. The number of aliphatic hydroxyl groups excluding tert-OH is 1. The molecular formula is C39H67N5O7. The summed E-state index contributed by atoms with van der Waals surface area (Å²) < 4.78 is 11.9. The lowest BCUT2D eigenvalue weighted by atomic mass is 9.90. The van der Waals surface area contributed by atoms with Crippen molar-refractivity contribution in [1.29, 1.82) is 0 Å². The van der Waals surface area contributed by atoms with E-state index in [4.69, 9.17) is 9.47 Å². The summed E-state index contributed by atoms with van der Waals surface area (Å²) in [4.78, 5) is 60.1. The number of likely N-dealkylation sites (tertiary alicyclic amines) is 1. The number of nitrogens with zero attached hydrogens (tertiary/aromatic N) is 3. The third-order valence-corrected chi connectivity index (χ3v) is 10.7. The molecule has 2 rings (SSSR count). The van der Waals surface area contributed by atoms with Crippen LogP contribution in [0.3, 0.4) is 0 Å². The lowest BCUT2D eigenvalue weighted by Gasteiger charge is -2.40. The van der Waals surface area contributed by atoms with Crippen molar-refractivity contribution in [3.8, 4) is 0 Å². The fraction of sp³-hybridized carbons (Fsp3) is 0.744. The zero-order valence-electron chi connectivity index (χ0n) is 33.2. The van der Waals surface area contributed by atoms with Crippen molar-refractivity contribution < 1.29 is 33.8 Å². The van der Waals surface area contributed by atoms with E-state index in [1.807, 2.05) is 83.9 Å². The van der Waals surface area contributed by atoms with Crippen molar-refractivity contribution in [3.05, 3.63) is 35.9 Å². The Kier molecular flexibility index (Phi) is 18.0. The highest BCUT2D eigenvalue weighted by Crippen LogP contribution is 2.30. The van der Waals surface area contributed by atoms with Gasteiger partial charge >= 0.3 is 0 Å². The number of amides is 4. The van der Waals surface area contributed by atoms with Gasteiger partial charge in [0.25, 0.3) is 0 Å². The van der Waals surface area contributed by atoms with Gasteiger partial charge in [0.05, 0.1) is 54.8 Å². The van der Waals surface area contributed by atoms with Crippen molar-refractivity contribution in [1.82, 2.24) is 25.3 Å². The number of rotatable bonds is 20. The molecule has 0 radical (unpaired) electrons. The Bertz CT molecular complexity index is 1240. The monoisotopic (exact) mass is 718 g/mol. The number of ether oxygens (including phenoxy) is 2. The van der Waals surface area contributed by atoms with E-state index in [-0.39, 0.29) is 54.0 Å². The first-order valence-corrected chi connectivity index (χ1v) is 18.7. The van der Waals surface area contributed by atoms with Crippen LogP contribution in [0.5, 0.6) is 0 Å². The minimum absolute atomic E-state index is 0.00635. The van der Waals surface area contributed by atoms with E-state index >= 15 is 0 Å². The molecule has 1 aliphatic rings. The highest BCUT2D eigenvalue weighted by molar-refractivity contribution is 5.90. The van der Waals surface area contributed by atoms with E-state index in [1.165, 1.54) is 0 Å². The van der Waals surface area contributed by atoms with E-state index in [0.717, 1.165) is 12.8 Å². The van der Waals surface area contributed by atoms with Crippen LogP contribution in [-0.2, 0) is 28.7 Å². The van der Waals surface area contributed by atoms with Crippen LogP contribution in [-0.4, -0.2) is 128 Å². The summed E-state index contributed by atoms with van der Waals surface area (Å²) in [6.45, 7) is 14.0. The molecule has 0 unspecified atom stereocenters. The molecule has 1 saturated heterocycles. The van der Waals surface area contributed by atoms with Crippen LogP contribution < -0.4 is 10.6 Å². The summed E-state index contributed by atoms with van der Waals surface area (Å²) in [7, 11) is 8.55. The number of aliphatic hydroxyl groups is 1. The standard InChI is InChI=1S/C39H67N5O7/c1-13-25(5)34(43(10)39(49)29(14-2)41-38(48)33(24(3)4)42(8)9)31(50-11)23-32(45)44-22-18-21-30(44)36(51-12)26(6)37(47)40-27(7)35(46)28-19-16-15-17-20-28/h15-17,19-20,24-27,29-31,33-36,46H,13-14,18,21-23H2,1-12H3,(H,40,47)(H,41,48)/t25-,26+,27+,29-,30-,31+,33-,34-,35+,36+/m0/s1. The molecule has 290 valence electrons. The fourth-order valence-corrected chi connectivity index (χ4v) is 7.65. The van der Waals surface area contributed by atoms with E-state index in [1.54, 1.807) is 44.9 Å². The van der Waals surface area contributed by atoms with Gasteiger partial charge in [-0.1, -0.05) is 78.3 Å². The number of nitrogens with one attached hydrogen (secondary N) is 2. The molecule has 1 aromatic carbocycles. The molecule has 10 atom stereocenters. The summed E-state index contributed by atoms with van der Waals surface area (Å²) in [5, 5.41) is 16.7. The van der Waals surface area contributed by atoms with E-state index in [2.05, 4.69) is 10.6 Å². The molecule has 4 amide bonds. The van der Waals surface area contributed by atoms with E-state index in [9.17, 15) is 24.3 Å². The van der Waals surface area contributed by atoms with Gasteiger partial charge in [-0.25, -0.2) is 0 Å². The maximum absolute atomic E-state index is 14.1. The maximum Gasteiger partial charge on any atom is 0.245 e. The Morgan fingerprint density at radius 1 is 0.922 bits per heavy atom. The molecule has 0 aliphatic carbocycles. The van der Waals surface area contributed by atoms with Crippen LogP contribution in [0.1, 0.15) is 92.2 Å². The fourth-order valence-electron chi connectivity index (χ4n) is 7.65. The molecular weight excluding hydrogens is 650 g/mol. The summed E-state index contributed by atoms with van der Waals surface area (Å²) >= 11 is 0. The lowest BCUT2D eigenvalue weighted by Crippen LogP contribution is -2.58. The second kappa shape index (κ2) is 20.8. The van der Waals surface area contributed by atoms with E-state index in [0.29, 0.717) is 24.9 Å². The largest absolute Gasteiger partial charge is 0.386 e. The van der Waals surface area contributed by atoms with Crippen molar-refractivity contribution in [3.63, 3.8) is 0 Å². The quantitative estimate of drug-likeness (QED) is 0.186. The van der Waals surface area contributed by atoms with E-state index < -0.39 is 42.4 Å². The Balaban J connectivity index is 2.22. The molecule has 0 aromatic heterocycles. The third kappa shape index (κ3) is 11.5. The smallest absolute Gasteiger partial charge is 0.245 e. The molecule has 3 N–H and O–H groups in total. The molecule has 1 fully saturated rings.